The van der Waals surface area contributed by atoms with Crippen molar-refractivity contribution in [2.45, 2.75) is 78.9 Å². The molecule has 0 saturated carbocycles. The van der Waals surface area contributed by atoms with E-state index in [9.17, 15) is 0 Å². The molecule has 1 N–H and O–H groups in total. The Hall–Kier alpha value is 0.194. The third kappa shape index (κ3) is 11.7. The lowest BCUT2D eigenvalue weighted by Crippen LogP contribution is -2.46. The third-order valence-electron chi connectivity index (χ3n) is 4.29. The lowest BCUT2D eigenvalue weighted by molar-refractivity contribution is 0.0708. The highest BCUT2D eigenvalue weighted by Gasteiger charge is 2.39. The van der Waals surface area contributed by atoms with Gasteiger partial charge in [-0.25, -0.2) is 0 Å². The van der Waals surface area contributed by atoms with Crippen LogP contribution in [0, 0.1) is 0 Å². The summed E-state index contributed by atoms with van der Waals surface area (Å²) < 4.78 is 29.9. The minimum atomic E-state index is -2.50. The quantitative estimate of drug-likeness (QED) is 0.232. The van der Waals surface area contributed by atoms with Crippen molar-refractivity contribution in [3.63, 3.8) is 0 Å². The lowest BCUT2D eigenvalue weighted by Gasteiger charge is -2.30. The Morgan fingerprint density at radius 3 is 1.41 bits per heavy atom. The van der Waals surface area contributed by atoms with Crippen LogP contribution >= 0.6 is 0 Å². The molecule has 0 fully saturated rings. The Morgan fingerprint density at radius 2 is 1.00 bits per heavy atom. The molecule has 0 aromatic heterocycles. The Morgan fingerprint density at radius 1 is 0.556 bits per heavy atom. The highest BCUT2D eigenvalue weighted by atomic mass is 28.4. The van der Waals surface area contributed by atoms with Crippen LogP contribution in [0.2, 0.25) is 18.1 Å². The fourth-order valence-corrected chi connectivity index (χ4v) is 9.45. The molecule has 6 nitrogen and oxygen atoms in total. The van der Waals surface area contributed by atoms with Crippen molar-refractivity contribution in [2.75, 3.05) is 46.1 Å². The smallest absolute Gasteiger partial charge is 0.394 e. The van der Waals surface area contributed by atoms with Crippen molar-refractivity contribution >= 4 is 17.4 Å². The van der Waals surface area contributed by atoms with Gasteiger partial charge in [0.2, 0.25) is 0 Å². The molecule has 0 aliphatic carbocycles. The number of hydrogen-bond acceptors (Lipinski definition) is 6. The number of hydrogen-bond donors (Lipinski definition) is 1. The van der Waals surface area contributed by atoms with Gasteiger partial charge in [0, 0.05) is 39.1 Å². The minimum Gasteiger partial charge on any atom is -0.394 e. The topological polar surface area (TPSA) is 58.2 Å². The first-order valence-electron chi connectivity index (χ1n) is 11.0. The van der Waals surface area contributed by atoms with Crippen LogP contribution in [0.5, 0.6) is 0 Å². The second-order valence-corrected chi connectivity index (χ2v) is 12.6. The summed E-state index contributed by atoms with van der Waals surface area (Å²) in [5.74, 6) is 0. The molecule has 0 saturated heterocycles. The zero-order valence-corrected chi connectivity index (χ0v) is 20.7. The van der Waals surface area contributed by atoms with Crippen LogP contribution in [0.15, 0.2) is 0 Å². The summed E-state index contributed by atoms with van der Waals surface area (Å²) in [5.41, 5.74) is 0. The zero-order valence-electron chi connectivity index (χ0n) is 18.7. The predicted octanol–water partition coefficient (Wildman–Crippen LogP) is 4.33. The van der Waals surface area contributed by atoms with Gasteiger partial charge in [-0.05, 0) is 72.6 Å². The molecule has 0 heterocycles. The van der Waals surface area contributed by atoms with Gasteiger partial charge in [0.25, 0.3) is 0 Å². The maximum atomic E-state index is 6.11. The van der Waals surface area contributed by atoms with Crippen molar-refractivity contribution in [2.24, 2.45) is 0 Å². The van der Waals surface area contributed by atoms with Crippen LogP contribution in [-0.4, -0.2) is 63.5 Å². The molecule has 0 radical (unpaired) electrons. The van der Waals surface area contributed by atoms with Gasteiger partial charge in [0.05, 0.1) is 0 Å². The maximum absolute atomic E-state index is 6.11. The van der Waals surface area contributed by atoms with E-state index in [4.69, 9.17) is 22.1 Å². The van der Waals surface area contributed by atoms with E-state index in [1.54, 1.807) is 0 Å². The normalized spacial score (nSPS) is 12.7. The Bertz CT molecular complexity index is 273. The molecule has 0 spiro atoms. The summed E-state index contributed by atoms with van der Waals surface area (Å²) in [4.78, 5) is 0. The van der Waals surface area contributed by atoms with Gasteiger partial charge in [-0.15, -0.1) is 0 Å². The van der Waals surface area contributed by atoms with Crippen LogP contribution in [-0.2, 0) is 22.1 Å². The van der Waals surface area contributed by atoms with E-state index >= 15 is 0 Å². The first kappa shape index (κ1) is 27.2. The summed E-state index contributed by atoms with van der Waals surface area (Å²) in [6.45, 7) is 17.7. The first-order valence-corrected chi connectivity index (χ1v) is 15.1. The summed E-state index contributed by atoms with van der Waals surface area (Å²) in [7, 11) is -4.52. The first-order chi connectivity index (χ1) is 13.1. The van der Waals surface area contributed by atoms with Crippen LogP contribution in [0.1, 0.15) is 60.8 Å². The highest BCUT2D eigenvalue weighted by Crippen LogP contribution is 2.23. The highest BCUT2D eigenvalue weighted by molar-refractivity contribution is 6.67. The standard InChI is InChI=1S/C19H45NO5Si2/c1-7-17-26(21-8-2,22-9-3)18-13-15-20-16-14-19-27(23-10-4,24-11-5)25-12-6/h20H,7-19H2,1-6H3. The van der Waals surface area contributed by atoms with Crippen LogP contribution in [0.25, 0.3) is 0 Å². The molecule has 0 rings (SSSR count). The molecule has 27 heavy (non-hydrogen) atoms. The van der Waals surface area contributed by atoms with Gasteiger partial charge in [-0.1, -0.05) is 13.3 Å². The third-order valence-corrected chi connectivity index (χ3v) is 11.4. The van der Waals surface area contributed by atoms with E-state index in [2.05, 4.69) is 26.1 Å². The average molecular weight is 424 g/mol. The molecular weight excluding hydrogens is 378 g/mol. The zero-order chi connectivity index (χ0) is 20.4. The van der Waals surface area contributed by atoms with Crippen molar-refractivity contribution in [1.29, 1.82) is 0 Å². The fourth-order valence-electron chi connectivity index (χ4n) is 3.40. The number of rotatable bonds is 20. The SMILES string of the molecule is CCC[Si](CCCNCCC[Si](OCC)(OCC)OCC)(OCC)OCC. The molecule has 0 aromatic carbocycles. The van der Waals surface area contributed by atoms with Gasteiger partial charge in [0.1, 0.15) is 0 Å². The molecule has 164 valence electrons. The molecule has 0 amide bonds. The second kappa shape index (κ2) is 17.1. The van der Waals surface area contributed by atoms with Gasteiger partial charge in [-0.2, -0.15) is 0 Å². The van der Waals surface area contributed by atoms with E-state index in [0.717, 1.165) is 63.7 Å². The van der Waals surface area contributed by atoms with Crippen molar-refractivity contribution in [3.8, 4) is 0 Å². The lowest BCUT2D eigenvalue weighted by atomic mass is 10.4. The maximum Gasteiger partial charge on any atom is 0.500 e. The van der Waals surface area contributed by atoms with Gasteiger partial charge in [-0.3, -0.25) is 0 Å². The fraction of sp³-hybridized carbons (Fsp3) is 1.00. The molecule has 0 bridgehead atoms. The Labute approximate surface area is 170 Å². The number of nitrogens with one attached hydrogen (secondary N) is 1. The molecule has 0 atom stereocenters. The molecule has 8 heteroatoms. The van der Waals surface area contributed by atoms with E-state index in [-0.39, 0.29) is 0 Å². The van der Waals surface area contributed by atoms with E-state index in [1.807, 2.05) is 20.8 Å². The van der Waals surface area contributed by atoms with Gasteiger partial charge >= 0.3 is 17.4 Å². The van der Waals surface area contributed by atoms with E-state index in [1.165, 1.54) is 0 Å². The average Bonchev–Trinajstić information content (AvgIpc) is 2.62. The second-order valence-electron chi connectivity index (χ2n) is 6.47. The minimum absolute atomic E-state index is 0.638. The predicted molar refractivity (Wildman–Crippen MR) is 116 cm³/mol. The molecule has 0 unspecified atom stereocenters. The van der Waals surface area contributed by atoms with Crippen LogP contribution in [0.3, 0.4) is 0 Å². The van der Waals surface area contributed by atoms with Crippen molar-refractivity contribution in [1.82, 2.24) is 5.32 Å². The Balaban J connectivity index is 4.24. The van der Waals surface area contributed by atoms with E-state index < -0.39 is 17.4 Å². The summed E-state index contributed by atoms with van der Waals surface area (Å²) in [6, 6.07) is 3.01. The van der Waals surface area contributed by atoms with E-state index in [0.29, 0.717) is 19.8 Å². The van der Waals surface area contributed by atoms with Crippen molar-refractivity contribution in [3.05, 3.63) is 0 Å². The largest absolute Gasteiger partial charge is 0.500 e. The van der Waals surface area contributed by atoms with Gasteiger partial charge < -0.3 is 27.4 Å². The summed E-state index contributed by atoms with van der Waals surface area (Å²) in [5, 5.41) is 3.55. The van der Waals surface area contributed by atoms with Crippen molar-refractivity contribution < 1.29 is 22.1 Å². The van der Waals surface area contributed by atoms with Gasteiger partial charge in [0.15, 0.2) is 0 Å². The monoisotopic (exact) mass is 423 g/mol. The molecular formula is C19H45NO5Si2. The molecule has 0 aliphatic rings. The molecule has 0 aromatic rings. The summed E-state index contributed by atoms with van der Waals surface area (Å²) >= 11 is 0. The van der Waals surface area contributed by atoms with Crippen LogP contribution < -0.4 is 5.32 Å². The molecule has 0 aliphatic heterocycles. The van der Waals surface area contributed by atoms with Crippen LogP contribution in [0.4, 0.5) is 0 Å². The Kier molecular flexibility index (Phi) is 17.2. The summed E-state index contributed by atoms with van der Waals surface area (Å²) in [6.07, 6.45) is 3.22.